The highest BCUT2D eigenvalue weighted by atomic mass is 16.5. The van der Waals surface area contributed by atoms with Gasteiger partial charge < -0.3 is 15.2 Å². The number of aliphatic imine (C=N–C) groups is 1. The normalized spacial score (nSPS) is 19.9. The molecule has 1 aliphatic rings. The lowest BCUT2D eigenvalue weighted by Gasteiger charge is -2.21. The van der Waals surface area contributed by atoms with Gasteiger partial charge in [-0.05, 0) is 38.2 Å². The Morgan fingerprint density at radius 3 is 2.67 bits per heavy atom. The molecular weight excluding hydrogens is 374 g/mol. The second-order valence-electron chi connectivity index (χ2n) is 8.18. The maximum atomic E-state index is 5.48. The highest BCUT2D eigenvalue weighted by Crippen LogP contribution is 2.24. The molecule has 1 fully saturated rings. The summed E-state index contributed by atoms with van der Waals surface area (Å²) in [7, 11) is 0. The molecule has 1 aliphatic heterocycles. The van der Waals surface area contributed by atoms with E-state index in [-0.39, 0.29) is 0 Å². The number of rotatable bonds is 9. The fraction of sp³-hybridized carbons (Fsp3) is 0.583. The van der Waals surface area contributed by atoms with Gasteiger partial charge in [-0.2, -0.15) is 0 Å². The molecule has 0 amide bonds. The molecule has 3 rings (SSSR count). The number of guanidine groups is 1. The summed E-state index contributed by atoms with van der Waals surface area (Å²) in [4.78, 5) is 7.41. The molecule has 6 nitrogen and oxygen atoms in total. The summed E-state index contributed by atoms with van der Waals surface area (Å²) in [5, 5.41) is 11.1. The number of aromatic nitrogens is 1. The third-order valence-electron chi connectivity index (χ3n) is 5.92. The van der Waals surface area contributed by atoms with Gasteiger partial charge >= 0.3 is 0 Å². The molecule has 0 saturated carbocycles. The zero-order valence-electron chi connectivity index (χ0n) is 18.9. The molecule has 1 aromatic carbocycles. The minimum Gasteiger partial charge on any atom is -0.361 e. The number of aryl methyl sites for hydroxylation is 2. The van der Waals surface area contributed by atoms with Crippen LogP contribution >= 0.6 is 0 Å². The van der Waals surface area contributed by atoms with Crippen LogP contribution in [0.2, 0.25) is 0 Å². The van der Waals surface area contributed by atoms with E-state index >= 15 is 0 Å². The molecule has 2 aromatic rings. The highest BCUT2D eigenvalue weighted by molar-refractivity contribution is 5.79. The van der Waals surface area contributed by atoms with Gasteiger partial charge in [-0.15, -0.1) is 0 Å². The van der Waals surface area contributed by atoms with E-state index in [1.54, 1.807) is 0 Å². The van der Waals surface area contributed by atoms with Crippen LogP contribution in [-0.4, -0.2) is 41.7 Å². The van der Waals surface area contributed by atoms with E-state index in [1.807, 2.05) is 0 Å². The van der Waals surface area contributed by atoms with Crippen LogP contribution in [0.15, 0.2) is 39.8 Å². The molecule has 0 spiro atoms. The standard InChI is InChI=1S/C24H37N5O/c1-5-22-21(23(6-2)30-28-22)15-27-24(25-7-3)26-14-20-13-18(4)29(17-20)16-19-11-9-8-10-12-19/h8-12,18,20H,5-7,13-17H2,1-4H3,(H2,25,26,27). The van der Waals surface area contributed by atoms with Crippen LogP contribution < -0.4 is 10.6 Å². The fourth-order valence-electron chi connectivity index (χ4n) is 4.26. The van der Waals surface area contributed by atoms with Crippen LogP contribution in [0.25, 0.3) is 0 Å². The molecule has 0 aliphatic carbocycles. The first-order valence-corrected chi connectivity index (χ1v) is 11.4. The number of benzene rings is 1. The third kappa shape index (κ3) is 5.85. The van der Waals surface area contributed by atoms with Gasteiger partial charge in [0.15, 0.2) is 5.96 Å². The Bertz CT molecular complexity index is 780. The molecule has 6 heteroatoms. The highest BCUT2D eigenvalue weighted by Gasteiger charge is 2.28. The molecule has 164 valence electrons. The van der Waals surface area contributed by atoms with Gasteiger partial charge in [0, 0.05) is 44.2 Å². The van der Waals surface area contributed by atoms with Crippen LogP contribution in [0.3, 0.4) is 0 Å². The van der Waals surface area contributed by atoms with Crippen molar-refractivity contribution in [2.45, 2.75) is 66.1 Å². The van der Waals surface area contributed by atoms with Crippen LogP contribution in [-0.2, 0) is 25.9 Å². The first-order valence-electron chi connectivity index (χ1n) is 11.4. The van der Waals surface area contributed by atoms with E-state index in [4.69, 9.17) is 9.52 Å². The summed E-state index contributed by atoms with van der Waals surface area (Å²) in [5.41, 5.74) is 3.55. The van der Waals surface area contributed by atoms with Crippen molar-refractivity contribution in [3.63, 3.8) is 0 Å². The van der Waals surface area contributed by atoms with Gasteiger partial charge in [0.25, 0.3) is 0 Å². The van der Waals surface area contributed by atoms with Crippen molar-refractivity contribution in [2.75, 3.05) is 19.6 Å². The Labute approximate surface area is 181 Å². The first-order chi connectivity index (χ1) is 14.6. The molecule has 0 bridgehead atoms. The van der Waals surface area contributed by atoms with Gasteiger partial charge in [-0.25, -0.2) is 4.99 Å². The molecule has 30 heavy (non-hydrogen) atoms. The molecule has 1 aromatic heterocycles. The lowest BCUT2D eigenvalue weighted by atomic mass is 10.1. The van der Waals surface area contributed by atoms with Crippen LogP contribution in [0.5, 0.6) is 0 Å². The van der Waals surface area contributed by atoms with Crippen molar-refractivity contribution >= 4 is 5.96 Å². The Hall–Kier alpha value is -2.34. The predicted octanol–water partition coefficient (Wildman–Crippen LogP) is 3.77. The molecule has 2 heterocycles. The van der Waals surface area contributed by atoms with Crippen molar-refractivity contribution in [3.05, 3.63) is 52.9 Å². The van der Waals surface area contributed by atoms with Gasteiger partial charge in [0.2, 0.25) is 0 Å². The van der Waals surface area contributed by atoms with Crippen LogP contribution in [0.4, 0.5) is 0 Å². The summed E-state index contributed by atoms with van der Waals surface area (Å²) in [6.07, 6.45) is 2.93. The quantitative estimate of drug-likeness (QED) is 0.486. The van der Waals surface area contributed by atoms with Gasteiger partial charge in [0.1, 0.15) is 5.76 Å². The average molecular weight is 412 g/mol. The molecule has 2 unspecified atom stereocenters. The van der Waals surface area contributed by atoms with E-state index < -0.39 is 0 Å². The Morgan fingerprint density at radius 2 is 1.97 bits per heavy atom. The van der Waals surface area contributed by atoms with Crippen LogP contribution in [0, 0.1) is 5.92 Å². The van der Waals surface area contributed by atoms with E-state index in [0.717, 1.165) is 62.0 Å². The van der Waals surface area contributed by atoms with Crippen molar-refractivity contribution in [1.82, 2.24) is 20.7 Å². The van der Waals surface area contributed by atoms with Crippen molar-refractivity contribution in [1.29, 1.82) is 0 Å². The lowest BCUT2D eigenvalue weighted by molar-refractivity contribution is 0.255. The molecule has 1 saturated heterocycles. The van der Waals surface area contributed by atoms with Crippen molar-refractivity contribution in [3.8, 4) is 0 Å². The predicted molar refractivity (Wildman–Crippen MR) is 122 cm³/mol. The summed E-state index contributed by atoms with van der Waals surface area (Å²) in [6.45, 7) is 13.2. The molecule has 2 atom stereocenters. The Morgan fingerprint density at radius 1 is 1.17 bits per heavy atom. The SMILES string of the molecule is CCNC(=NCc1c(CC)noc1CC)NCC1CC(C)N(Cc2ccccc2)C1. The summed E-state index contributed by atoms with van der Waals surface area (Å²) >= 11 is 0. The summed E-state index contributed by atoms with van der Waals surface area (Å²) in [6, 6.07) is 11.4. The maximum Gasteiger partial charge on any atom is 0.191 e. The minimum atomic E-state index is 0.604. The van der Waals surface area contributed by atoms with Crippen molar-refractivity contribution < 1.29 is 4.52 Å². The zero-order valence-corrected chi connectivity index (χ0v) is 18.9. The maximum absolute atomic E-state index is 5.48. The van der Waals surface area contributed by atoms with E-state index in [9.17, 15) is 0 Å². The third-order valence-corrected chi connectivity index (χ3v) is 5.92. The van der Waals surface area contributed by atoms with Gasteiger partial charge in [0.05, 0.1) is 12.2 Å². The summed E-state index contributed by atoms with van der Waals surface area (Å²) in [5.74, 6) is 2.45. The Kier molecular flexibility index (Phi) is 8.31. The van der Waals surface area contributed by atoms with Gasteiger partial charge in [-0.3, -0.25) is 4.90 Å². The number of nitrogens with zero attached hydrogens (tertiary/aromatic N) is 3. The second-order valence-corrected chi connectivity index (χ2v) is 8.18. The fourth-order valence-corrected chi connectivity index (χ4v) is 4.26. The first kappa shape index (κ1) is 22.3. The minimum absolute atomic E-state index is 0.604. The average Bonchev–Trinajstić information content (AvgIpc) is 3.33. The van der Waals surface area contributed by atoms with E-state index in [1.165, 1.54) is 12.0 Å². The van der Waals surface area contributed by atoms with E-state index in [2.05, 4.69) is 78.7 Å². The summed E-state index contributed by atoms with van der Waals surface area (Å²) < 4.78 is 5.48. The smallest absolute Gasteiger partial charge is 0.191 e. The number of hydrogen-bond acceptors (Lipinski definition) is 4. The molecular formula is C24H37N5O. The largest absolute Gasteiger partial charge is 0.361 e. The number of hydrogen-bond donors (Lipinski definition) is 2. The monoisotopic (exact) mass is 411 g/mol. The zero-order chi connectivity index (χ0) is 21.3. The van der Waals surface area contributed by atoms with Crippen LogP contribution in [0.1, 0.15) is 56.7 Å². The van der Waals surface area contributed by atoms with Gasteiger partial charge in [-0.1, -0.05) is 49.3 Å². The van der Waals surface area contributed by atoms with E-state index in [0.29, 0.717) is 18.5 Å². The van der Waals surface area contributed by atoms with Crippen molar-refractivity contribution in [2.24, 2.45) is 10.9 Å². The topological polar surface area (TPSA) is 65.7 Å². The number of nitrogens with one attached hydrogen (secondary N) is 2. The lowest BCUT2D eigenvalue weighted by Crippen LogP contribution is -2.40. The second kappa shape index (κ2) is 11.2. The molecule has 2 N–H and O–H groups in total. The molecule has 0 radical (unpaired) electrons. The Balaban J connectivity index is 1.56. The number of likely N-dealkylation sites (tertiary alicyclic amines) is 1.